The van der Waals surface area contributed by atoms with Crippen molar-refractivity contribution >= 4 is 33.0 Å². The van der Waals surface area contributed by atoms with Crippen LogP contribution < -0.4 is 20.3 Å². The fraction of sp³-hybridized carbons (Fsp3) is 0.480. The molecular formula is C25H30B2FN3O4. The number of para-hydroxylation sites is 1. The third-order valence-corrected chi connectivity index (χ3v) is 6.97. The van der Waals surface area contributed by atoms with Gasteiger partial charge in [-0.05, 0) is 62.1 Å². The van der Waals surface area contributed by atoms with Gasteiger partial charge in [0.1, 0.15) is 19.4 Å². The highest BCUT2D eigenvalue weighted by Crippen LogP contribution is 2.49. The van der Waals surface area contributed by atoms with Crippen molar-refractivity contribution in [3.63, 3.8) is 0 Å². The number of ether oxygens (including phenoxy) is 1. The number of halogens is 1. The minimum Gasteiger partial charge on any atom is -0.470 e. The van der Waals surface area contributed by atoms with E-state index in [1.165, 1.54) is 17.7 Å². The van der Waals surface area contributed by atoms with Crippen LogP contribution in [0.5, 0.6) is 5.75 Å². The zero-order valence-electron chi connectivity index (χ0n) is 20.0. The van der Waals surface area contributed by atoms with Gasteiger partial charge in [0.2, 0.25) is 5.91 Å². The maximum atomic E-state index is 13.1. The number of hydrogen-bond donors (Lipinski definition) is 4. The molecule has 0 fully saturated rings. The molecule has 2 aliphatic heterocycles. The Bertz CT molecular complexity index is 1070. The summed E-state index contributed by atoms with van der Waals surface area (Å²) in [5.41, 5.74) is -1.70. The van der Waals surface area contributed by atoms with Gasteiger partial charge in [-0.3, -0.25) is 4.79 Å². The fourth-order valence-electron chi connectivity index (χ4n) is 5.01. The van der Waals surface area contributed by atoms with Crippen LogP contribution in [0.2, 0.25) is 0 Å². The van der Waals surface area contributed by atoms with Crippen molar-refractivity contribution in [1.82, 2.24) is 5.32 Å². The highest BCUT2D eigenvalue weighted by atomic mass is 19.1. The number of amides is 1. The molecule has 182 valence electrons. The first kappa shape index (κ1) is 25.5. The minimum atomic E-state index is -2.62. The van der Waals surface area contributed by atoms with Crippen molar-refractivity contribution in [3.8, 4) is 5.75 Å². The smallest absolute Gasteiger partial charge is 0.243 e. The maximum Gasteiger partial charge on any atom is 0.243 e. The van der Waals surface area contributed by atoms with Gasteiger partial charge in [-0.1, -0.05) is 19.1 Å². The molecule has 0 aromatic heterocycles. The zero-order valence-corrected chi connectivity index (χ0v) is 20.0. The second-order valence-corrected chi connectivity index (χ2v) is 9.54. The molecule has 4 radical (unpaired) electrons. The van der Waals surface area contributed by atoms with Crippen LogP contribution in [0.3, 0.4) is 0 Å². The average molecular weight is 477 g/mol. The first-order valence-corrected chi connectivity index (χ1v) is 11.9. The summed E-state index contributed by atoms with van der Waals surface area (Å²) in [6, 6.07) is 11.0. The van der Waals surface area contributed by atoms with Gasteiger partial charge in [0.25, 0.3) is 0 Å². The Balaban J connectivity index is 1.35. The molecule has 4 N–H and O–H groups in total. The van der Waals surface area contributed by atoms with Crippen molar-refractivity contribution in [1.29, 1.82) is 0 Å². The topological polar surface area (TPSA) is 94.1 Å². The molecule has 0 saturated heterocycles. The molecule has 2 heterocycles. The fourth-order valence-corrected chi connectivity index (χ4v) is 5.01. The molecular weight excluding hydrogens is 447 g/mol. The van der Waals surface area contributed by atoms with Crippen LogP contribution in [-0.4, -0.2) is 68.2 Å². The largest absolute Gasteiger partial charge is 0.470 e. The van der Waals surface area contributed by atoms with E-state index < -0.39 is 17.0 Å². The number of hydrogen-bond acceptors (Lipinski definition) is 6. The molecule has 2 aliphatic rings. The van der Waals surface area contributed by atoms with E-state index >= 15 is 0 Å². The third-order valence-electron chi connectivity index (χ3n) is 6.97. The van der Waals surface area contributed by atoms with Crippen LogP contribution >= 0.6 is 0 Å². The van der Waals surface area contributed by atoms with Gasteiger partial charge >= 0.3 is 0 Å². The summed E-state index contributed by atoms with van der Waals surface area (Å²) in [7, 11) is 11.6. The van der Waals surface area contributed by atoms with Crippen LogP contribution in [0.1, 0.15) is 44.6 Å². The summed E-state index contributed by atoms with van der Waals surface area (Å²) in [5, 5.41) is 27.2. The number of anilines is 2. The van der Waals surface area contributed by atoms with Crippen molar-refractivity contribution in [3.05, 3.63) is 53.8 Å². The van der Waals surface area contributed by atoms with Gasteiger partial charge in [-0.2, -0.15) is 0 Å². The molecule has 10 heteroatoms. The molecule has 5 unspecified atom stereocenters. The van der Waals surface area contributed by atoms with E-state index in [0.29, 0.717) is 12.5 Å². The van der Waals surface area contributed by atoms with Crippen LogP contribution in [-0.2, 0) is 4.79 Å². The van der Waals surface area contributed by atoms with Gasteiger partial charge in [0, 0.05) is 24.5 Å². The van der Waals surface area contributed by atoms with Crippen LogP contribution in [0.4, 0.5) is 15.8 Å². The van der Waals surface area contributed by atoms with Crippen LogP contribution in [0, 0.1) is 5.82 Å². The third kappa shape index (κ3) is 5.20. The van der Waals surface area contributed by atoms with E-state index in [9.17, 15) is 19.4 Å². The van der Waals surface area contributed by atoms with Crippen LogP contribution in [0.15, 0.2) is 42.5 Å². The van der Waals surface area contributed by atoms with E-state index in [1.54, 1.807) is 0 Å². The number of carbonyl (C=O) groups excluding carboxylic acids is 1. The van der Waals surface area contributed by atoms with E-state index in [1.807, 2.05) is 19.1 Å². The Morgan fingerprint density at radius 3 is 2.66 bits per heavy atom. The monoisotopic (exact) mass is 477 g/mol. The standard InChI is InChI=1S/C25H30B2FN3O4/c1-3-18-19-5-4-6-20-23(19)31(13-22(32)30-20)21(18)12-7-15(2)29-14-24(26,33)25(27,34)35-17-10-8-16(28)9-11-17/h4-6,8-11,15,18,21,29,33-34H,3,7,12-14H2,1-2H3,(H,30,32). The van der Waals surface area contributed by atoms with Crippen molar-refractivity contribution < 1.29 is 24.1 Å². The molecule has 0 saturated carbocycles. The quantitative estimate of drug-likeness (QED) is 0.309. The second kappa shape index (κ2) is 9.84. The predicted octanol–water partition coefficient (Wildman–Crippen LogP) is 1.97. The van der Waals surface area contributed by atoms with E-state index in [4.69, 9.17) is 20.4 Å². The summed E-state index contributed by atoms with van der Waals surface area (Å²) >= 11 is 0. The van der Waals surface area contributed by atoms with Crippen molar-refractivity contribution in [2.24, 2.45) is 0 Å². The zero-order chi connectivity index (χ0) is 25.4. The molecule has 0 spiro atoms. The summed E-state index contributed by atoms with van der Waals surface area (Å²) < 4.78 is 18.3. The molecule has 7 nitrogen and oxygen atoms in total. The number of nitrogens with zero attached hydrogens (tertiary/aromatic N) is 1. The predicted molar refractivity (Wildman–Crippen MR) is 134 cm³/mol. The number of rotatable bonds is 10. The molecule has 1 amide bonds. The Labute approximate surface area is 207 Å². The summed E-state index contributed by atoms with van der Waals surface area (Å²) in [5.74, 6) is -0.119. The first-order valence-electron chi connectivity index (χ1n) is 11.9. The Morgan fingerprint density at radius 2 is 1.97 bits per heavy atom. The summed E-state index contributed by atoms with van der Waals surface area (Å²) in [4.78, 5) is 14.5. The highest BCUT2D eigenvalue weighted by molar-refractivity contribution is 6.24. The maximum absolute atomic E-state index is 13.1. The number of carbonyl (C=O) groups is 1. The van der Waals surface area contributed by atoms with Gasteiger partial charge in [0.15, 0.2) is 13.5 Å². The Morgan fingerprint density at radius 1 is 1.26 bits per heavy atom. The molecule has 4 rings (SSSR count). The number of benzene rings is 2. The van der Waals surface area contributed by atoms with Gasteiger partial charge in [-0.15, -0.1) is 0 Å². The molecule has 0 bridgehead atoms. The van der Waals surface area contributed by atoms with Gasteiger partial charge < -0.3 is 30.5 Å². The molecule has 2 aromatic rings. The lowest BCUT2D eigenvalue weighted by Gasteiger charge is -2.40. The molecule has 2 aromatic carbocycles. The molecule has 0 aliphatic carbocycles. The van der Waals surface area contributed by atoms with Crippen molar-refractivity contribution in [2.45, 2.75) is 62.3 Å². The average Bonchev–Trinajstić information content (AvgIpc) is 3.11. The molecule has 35 heavy (non-hydrogen) atoms. The Kier molecular flexibility index (Phi) is 7.18. The normalized spacial score (nSPS) is 23.1. The number of aliphatic hydroxyl groups is 2. The van der Waals surface area contributed by atoms with E-state index in [-0.39, 0.29) is 30.3 Å². The van der Waals surface area contributed by atoms with Gasteiger partial charge in [-0.25, -0.2) is 4.39 Å². The van der Waals surface area contributed by atoms with E-state index in [2.05, 4.69) is 28.5 Å². The van der Waals surface area contributed by atoms with E-state index in [0.717, 1.165) is 42.8 Å². The minimum absolute atomic E-state index is 0.0147. The van der Waals surface area contributed by atoms with Crippen molar-refractivity contribution in [2.75, 3.05) is 23.3 Å². The lowest BCUT2D eigenvalue weighted by atomic mass is 9.65. The summed E-state index contributed by atoms with van der Waals surface area (Å²) in [6.45, 7) is 4.19. The lowest BCUT2D eigenvalue weighted by Crippen LogP contribution is -2.64. The Hall–Kier alpha value is -2.55. The number of nitrogens with one attached hydrogen (secondary N) is 2. The lowest BCUT2D eigenvalue weighted by molar-refractivity contribution is -0.162. The SMILES string of the molecule is [B]C(O)(CNC(C)CCC1C(CC)c2cccc3c2N1CC(=O)N3)C([B])(O)Oc1ccc(F)cc1. The highest BCUT2D eigenvalue weighted by Gasteiger charge is 2.44. The first-order chi connectivity index (χ1) is 16.5. The summed E-state index contributed by atoms with van der Waals surface area (Å²) in [6.07, 6.45) is 2.51. The second-order valence-electron chi connectivity index (χ2n) is 9.54. The van der Waals surface area contributed by atoms with Gasteiger partial charge in [0.05, 0.1) is 23.4 Å². The molecule has 5 atom stereocenters. The van der Waals surface area contributed by atoms with Crippen LogP contribution in [0.25, 0.3) is 0 Å².